The topological polar surface area (TPSA) is 107 Å². The second-order valence-corrected chi connectivity index (χ2v) is 12.1. The van der Waals surface area contributed by atoms with E-state index in [9.17, 15) is 13.2 Å². The van der Waals surface area contributed by atoms with E-state index in [0.717, 1.165) is 33.8 Å². The molecular weight excluding hydrogens is 462 g/mol. The summed E-state index contributed by atoms with van der Waals surface area (Å²) in [4.78, 5) is 24.1. The second kappa shape index (κ2) is 8.94. The molecule has 4 rings (SSSR count). The number of aromatic nitrogens is 4. The first-order chi connectivity index (χ1) is 15.5. The van der Waals surface area contributed by atoms with Crippen LogP contribution in [0, 0.1) is 0 Å². The van der Waals surface area contributed by atoms with Gasteiger partial charge in [-0.2, -0.15) is 5.10 Å². The molecule has 9 nitrogen and oxygen atoms in total. The number of piperidine rings is 1. The average Bonchev–Trinajstić information content (AvgIpc) is 3.18. The molecule has 0 atom stereocenters. The average molecular weight is 490 g/mol. The molecule has 0 spiro atoms. The Kier molecular flexibility index (Phi) is 6.37. The summed E-state index contributed by atoms with van der Waals surface area (Å²) in [7, 11) is -3.24. The van der Waals surface area contributed by atoms with E-state index in [1.54, 1.807) is 35.4 Å². The van der Waals surface area contributed by atoms with Gasteiger partial charge < -0.3 is 9.64 Å². The van der Waals surface area contributed by atoms with Crippen LogP contribution in [0.15, 0.2) is 51.6 Å². The maximum absolute atomic E-state index is 12.3. The van der Waals surface area contributed by atoms with Gasteiger partial charge >= 0.3 is 6.09 Å². The Morgan fingerprint density at radius 2 is 1.79 bits per heavy atom. The standard InChI is InChI=1S/C22H27N5O4S2/c1-22(2,3)31-21(28)26-11-9-15(10-12-26)27-19-18(13-25-27)20(24-14-23-19)32-16-5-7-17(8-6-16)33(4,29)30/h5-8,13-15H,9-12H2,1-4H3. The van der Waals surface area contributed by atoms with Gasteiger partial charge in [0.1, 0.15) is 17.0 Å². The molecule has 1 fully saturated rings. The fraction of sp³-hybridized carbons (Fsp3) is 0.455. The Hall–Kier alpha value is -2.66. The Balaban J connectivity index is 1.48. The van der Waals surface area contributed by atoms with Crippen molar-refractivity contribution in [2.45, 2.75) is 60.1 Å². The van der Waals surface area contributed by atoms with Gasteiger partial charge in [0, 0.05) is 24.2 Å². The number of fused-ring (bicyclic) bond motifs is 1. The van der Waals surface area contributed by atoms with Crippen LogP contribution in [0.3, 0.4) is 0 Å². The summed E-state index contributed by atoms with van der Waals surface area (Å²) in [6.45, 7) is 6.79. The van der Waals surface area contributed by atoms with Crippen molar-refractivity contribution in [3.63, 3.8) is 0 Å². The molecule has 11 heteroatoms. The van der Waals surface area contributed by atoms with Crippen LogP contribution in [0.1, 0.15) is 39.7 Å². The maximum Gasteiger partial charge on any atom is 0.410 e. The van der Waals surface area contributed by atoms with Crippen molar-refractivity contribution in [3.8, 4) is 0 Å². The predicted octanol–water partition coefficient (Wildman–Crippen LogP) is 3.95. The number of benzene rings is 1. The maximum atomic E-state index is 12.3. The largest absolute Gasteiger partial charge is 0.444 e. The van der Waals surface area contributed by atoms with Crippen molar-refractivity contribution >= 4 is 38.7 Å². The summed E-state index contributed by atoms with van der Waals surface area (Å²) >= 11 is 1.44. The van der Waals surface area contributed by atoms with Gasteiger partial charge in [-0.15, -0.1) is 0 Å². The van der Waals surface area contributed by atoms with Gasteiger partial charge in [0.05, 0.1) is 22.5 Å². The first-order valence-electron chi connectivity index (χ1n) is 10.7. The Bertz CT molecular complexity index is 1260. The number of nitrogens with zero attached hydrogens (tertiary/aromatic N) is 5. The monoisotopic (exact) mass is 489 g/mol. The van der Waals surface area contributed by atoms with Crippen LogP contribution in [-0.2, 0) is 14.6 Å². The van der Waals surface area contributed by atoms with Gasteiger partial charge in [-0.3, -0.25) is 0 Å². The van der Waals surface area contributed by atoms with Gasteiger partial charge in [-0.1, -0.05) is 11.8 Å². The van der Waals surface area contributed by atoms with Gasteiger partial charge in [-0.25, -0.2) is 27.9 Å². The molecule has 1 amide bonds. The lowest BCUT2D eigenvalue weighted by molar-refractivity contribution is 0.0186. The third kappa shape index (κ3) is 5.47. The Morgan fingerprint density at radius 1 is 1.12 bits per heavy atom. The van der Waals surface area contributed by atoms with Gasteiger partial charge in [-0.05, 0) is 57.9 Å². The number of hydrogen-bond donors (Lipinski definition) is 0. The van der Waals surface area contributed by atoms with E-state index in [0.29, 0.717) is 13.1 Å². The van der Waals surface area contributed by atoms with E-state index >= 15 is 0 Å². The van der Waals surface area contributed by atoms with Crippen molar-refractivity contribution in [2.75, 3.05) is 19.3 Å². The molecule has 2 aromatic heterocycles. The summed E-state index contributed by atoms with van der Waals surface area (Å²) < 4.78 is 30.8. The fourth-order valence-electron chi connectivity index (χ4n) is 3.68. The minimum absolute atomic E-state index is 0.128. The zero-order valence-electron chi connectivity index (χ0n) is 19.1. The number of sulfone groups is 1. The summed E-state index contributed by atoms with van der Waals surface area (Å²) in [6, 6.07) is 6.86. The smallest absolute Gasteiger partial charge is 0.410 e. The Labute approximate surface area is 197 Å². The summed E-state index contributed by atoms with van der Waals surface area (Å²) in [5.74, 6) is 0. The normalized spacial score (nSPS) is 15.7. The van der Waals surface area contributed by atoms with Crippen LogP contribution in [0.2, 0.25) is 0 Å². The number of rotatable bonds is 4. The second-order valence-electron chi connectivity index (χ2n) is 9.05. The van der Waals surface area contributed by atoms with E-state index < -0.39 is 15.4 Å². The number of carbonyl (C=O) groups is 1. The quantitative estimate of drug-likeness (QED) is 0.507. The van der Waals surface area contributed by atoms with E-state index in [2.05, 4.69) is 15.1 Å². The highest BCUT2D eigenvalue weighted by Crippen LogP contribution is 2.33. The van der Waals surface area contributed by atoms with E-state index in [-0.39, 0.29) is 17.0 Å². The lowest BCUT2D eigenvalue weighted by Crippen LogP contribution is -2.42. The summed E-state index contributed by atoms with van der Waals surface area (Å²) in [5, 5.41) is 6.18. The number of amides is 1. The Morgan fingerprint density at radius 3 is 2.39 bits per heavy atom. The van der Waals surface area contributed by atoms with Crippen LogP contribution in [0.5, 0.6) is 0 Å². The number of hydrogen-bond acceptors (Lipinski definition) is 8. The molecule has 0 saturated carbocycles. The molecule has 33 heavy (non-hydrogen) atoms. The van der Waals surface area contributed by atoms with Crippen molar-refractivity contribution in [1.82, 2.24) is 24.6 Å². The summed E-state index contributed by atoms with van der Waals surface area (Å²) in [6.07, 6.45) is 5.71. The molecule has 0 bridgehead atoms. The zero-order chi connectivity index (χ0) is 23.8. The number of carbonyl (C=O) groups excluding carboxylic acids is 1. The molecule has 1 saturated heterocycles. The molecule has 0 radical (unpaired) electrons. The molecule has 0 unspecified atom stereocenters. The van der Waals surface area contributed by atoms with Crippen molar-refractivity contribution in [1.29, 1.82) is 0 Å². The number of likely N-dealkylation sites (tertiary alicyclic amines) is 1. The minimum atomic E-state index is -3.24. The van der Waals surface area contributed by atoms with Gasteiger partial charge in [0.25, 0.3) is 0 Å². The van der Waals surface area contributed by atoms with Crippen molar-refractivity contribution in [2.24, 2.45) is 0 Å². The summed E-state index contributed by atoms with van der Waals surface area (Å²) in [5.41, 5.74) is 0.235. The SMILES string of the molecule is CC(C)(C)OC(=O)N1CCC(n2ncc3c(Sc4ccc(S(C)(=O)=O)cc4)ncnc32)CC1. The number of ether oxygens (including phenoxy) is 1. The zero-order valence-corrected chi connectivity index (χ0v) is 20.7. The van der Waals surface area contributed by atoms with Crippen LogP contribution < -0.4 is 0 Å². The highest BCUT2D eigenvalue weighted by molar-refractivity contribution is 7.99. The third-order valence-corrected chi connectivity index (χ3v) is 7.44. The molecular formula is C22H27N5O4S2. The predicted molar refractivity (Wildman–Crippen MR) is 125 cm³/mol. The van der Waals surface area contributed by atoms with Crippen LogP contribution in [-0.4, -0.2) is 64.1 Å². The first-order valence-corrected chi connectivity index (χ1v) is 13.4. The van der Waals surface area contributed by atoms with Gasteiger partial charge in [0.2, 0.25) is 0 Å². The van der Waals surface area contributed by atoms with Crippen LogP contribution in [0.25, 0.3) is 11.0 Å². The molecule has 0 aliphatic carbocycles. The van der Waals surface area contributed by atoms with E-state index in [4.69, 9.17) is 4.74 Å². The molecule has 3 aromatic rings. The molecule has 3 heterocycles. The van der Waals surface area contributed by atoms with Crippen LogP contribution in [0.4, 0.5) is 4.79 Å². The minimum Gasteiger partial charge on any atom is -0.444 e. The van der Waals surface area contributed by atoms with Crippen molar-refractivity contribution in [3.05, 3.63) is 36.8 Å². The molecule has 1 aromatic carbocycles. The molecule has 176 valence electrons. The van der Waals surface area contributed by atoms with Gasteiger partial charge in [0.15, 0.2) is 15.5 Å². The molecule has 1 aliphatic heterocycles. The lowest BCUT2D eigenvalue weighted by atomic mass is 10.1. The first kappa shape index (κ1) is 23.5. The highest BCUT2D eigenvalue weighted by atomic mass is 32.2. The van der Waals surface area contributed by atoms with Crippen LogP contribution >= 0.6 is 11.8 Å². The van der Waals surface area contributed by atoms with E-state index in [1.165, 1.54) is 24.3 Å². The van der Waals surface area contributed by atoms with E-state index in [1.807, 2.05) is 25.5 Å². The van der Waals surface area contributed by atoms with Crippen molar-refractivity contribution < 1.29 is 17.9 Å². The molecule has 1 aliphatic rings. The third-order valence-electron chi connectivity index (χ3n) is 5.28. The highest BCUT2D eigenvalue weighted by Gasteiger charge is 2.29. The fourth-order valence-corrected chi connectivity index (χ4v) is 5.16. The lowest BCUT2D eigenvalue weighted by Gasteiger charge is -2.33. The molecule has 0 N–H and O–H groups in total.